The maximum Gasteiger partial charge on any atom is 0.250 e. The van der Waals surface area contributed by atoms with Crippen molar-refractivity contribution < 1.29 is 8.85 Å². The molecule has 4 heteroatoms. The van der Waals surface area contributed by atoms with Gasteiger partial charge in [0.25, 0.3) is 16.6 Å². The molecular formula is C21H36O2Si2. The lowest BCUT2D eigenvalue weighted by Gasteiger charge is -2.34. The highest BCUT2D eigenvalue weighted by Gasteiger charge is 2.36. The van der Waals surface area contributed by atoms with E-state index in [1.54, 1.807) is 0 Å². The average molecular weight is 377 g/mol. The summed E-state index contributed by atoms with van der Waals surface area (Å²) >= 11 is 0. The van der Waals surface area contributed by atoms with Gasteiger partial charge < -0.3 is 8.85 Å². The van der Waals surface area contributed by atoms with Gasteiger partial charge in [-0.05, 0) is 54.3 Å². The molecule has 0 radical (unpaired) electrons. The Hall–Kier alpha value is -1.01. The van der Waals surface area contributed by atoms with Crippen LogP contribution < -0.4 is 8.85 Å². The second kappa shape index (κ2) is 8.59. The van der Waals surface area contributed by atoms with Gasteiger partial charge in [-0.3, -0.25) is 0 Å². The van der Waals surface area contributed by atoms with Gasteiger partial charge in [0.1, 0.15) is 5.75 Å². The van der Waals surface area contributed by atoms with Crippen LogP contribution in [0.4, 0.5) is 0 Å². The molecule has 0 saturated carbocycles. The summed E-state index contributed by atoms with van der Waals surface area (Å²) in [5.74, 6) is 2.06. The van der Waals surface area contributed by atoms with Crippen molar-refractivity contribution in [3.05, 3.63) is 29.3 Å². The number of rotatable bonds is 10. The van der Waals surface area contributed by atoms with Crippen LogP contribution in [-0.4, -0.2) is 16.6 Å². The fourth-order valence-corrected chi connectivity index (χ4v) is 8.99. The molecule has 25 heavy (non-hydrogen) atoms. The van der Waals surface area contributed by atoms with Crippen LogP contribution in [0.15, 0.2) is 18.2 Å². The lowest BCUT2D eigenvalue weighted by atomic mass is 10.1. The highest BCUT2D eigenvalue weighted by Crippen LogP contribution is 2.42. The van der Waals surface area contributed by atoms with E-state index >= 15 is 0 Å². The van der Waals surface area contributed by atoms with Crippen molar-refractivity contribution in [1.82, 2.24) is 0 Å². The van der Waals surface area contributed by atoms with Crippen LogP contribution in [0.5, 0.6) is 11.5 Å². The van der Waals surface area contributed by atoms with Crippen LogP contribution in [0.3, 0.4) is 0 Å². The van der Waals surface area contributed by atoms with E-state index in [1.165, 1.54) is 11.1 Å². The third kappa shape index (κ3) is 4.05. The number of hydrogen-bond donors (Lipinski definition) is 0. The molecule has 0 heterocycles. The minimum absolute atomic E-state index is 1.01. The zero-order valence-corrected chi connectivity index (χ0v) is 19.1. The molecule has 0 saturated heterocycles. The van der Waals surface area contributed by atoms with Crippen LogP contribution in [-0.2, 0) is 6.42 Å². The Morgan fingerprint density at radius 1 is 0.760 bits per heavy atom. The predicted octanol–water partition coefficient (Wildman–Crippen LogP) is 7.02. The standard InChI is InChI=1S/C21H36O2Si2/c1-7-24(8-2,9-3)22-20-17-16-18-14-13-15-19(18)21(20)23-25(10-4,11-5)12-6/h13,15-17H,7-12,14H2,1-6H3. The first-order valence-electron chi connectivity index (χ1n) is 10.2. The van der Waals surface area contributed by atoms with Gasteiger partial charge in [-0.25, -0.2) is 0 Å². The SMILES string of the molecule is CC[Si](CC)(CC)Oc1ccc2c(c1O[Si](CC)(CC)CC)C=CC2. The summed E-state index contributed by atoms with van der Waals surface area (Å²) in [4.78, 5) is 0. The van der Waals surface area contributed by atoms with E-state index in [-0.39, 0.29) is 0 Å². The first kappa shape index (κ1) is 20.3. The molecule has 0 N–H and O–H groups in total. The monoisotopic (exact) mass is 376 g/mol. The maximum atomic E-state index is 6.89. The molecule has 1 aromatic carbocycles. The minimum atomic E-state index is -1.74. The van der Waals surface area contributed by atoms with Gasteiger partial charge in [0.05, 0.1) is 0 Å². The molecule has 1 aliphatic carbocycles. The summed E-state index contributed by atoms with van der Waals surface area (Å²) in [7, 11) is -3.45. The van der Waals surface area contributed by atoms with Crippen molar-refractivity contribution in [3.8, 4) is 11.5 Å². The molecule has 0 atom stereocenters. The lowest BCUT2D eigenvalue weighted by Crippen LogP contribution is -2.41. The van der Waals surface area contributed by atoms with Crippen LogP contribution in [0.1, 0.15) is 52.7 Å². The molecule has 0 fully saturated rings. The normalized spacial score (nSPS) is 13.8. The van der Waals surface area contributed by atoms with Gasteiger partial charge in [0.15, 0.2) is 5.75 Å². The van der Waals surface area contributed by atoms with Crippen molar-refractivity contribution in [2.24, 2.45) is 0 Å². The molecule has 2 nitrogen and oxygen atoms in total. The largest absolute Gasteiger partial charge is 0.541 e. The topological polar surface area (TPSA) is 18.5 Å². The van der Waals surface area contributed by atoms with E-state index in [2.05, 4.69) is 65.8 Å². The molecule has 0 spiro atoms. The van der Waals surface area contributed by atoms with Crippen molar-refractivity contribution in [1.29, 1.82) is 0 Å². The molecule has 0 amide bonds. The Bertz CT molecular complexity index is 586. The summed E-state index contributed by atoms with van der Waals surface area (Å²) in [5.41, 5.74) is 2.65. The molecule has 0 unspecified atom stereocenters. The highest BCUT2D eigenvalue weighted by molar-refractivity contribution is 6.75. The van der Waals surface area contributed by atoms with E-state index in [0.29, 0.717) is 0 Å². The van der Waals surface area contributed by atoms with E-state index in [0.717, 1.165) is 54.2 Å². The van der Waals surface area contributed by atoms with E-state index < -0.39 is 16.6 Å². The summed E-state index contributed by atoms with van der Waals surface area (Å²) < 4.78 is 13.7. The molecule has 0 aliphatic heterocycles. The number of benzene rings is 1. The third-order valence-electron chi connectivity index (χ3n) is 6.38. The first-order chi connectivity index (χ1) is 12.0. The summed E-state index contributed by atoms with van der Waals surface area (Å²) in [6.45, 7) is 13.7. The van der Waals surface area contributed by atoms with Crippen LogP contribution >= 0.6 is 0 Å². The molecule has 0 aromatic heterocycles. The second-order valence-corrected chi connectivity index (χ2v) is 16.6. The van der Waals surface area contributed by atoms with E-state index in [1.807, 2.05) is 0 Å². The molecule has 1 aliphatic rings. The lowest BCUT2D eigenvalue weighted by molar-refractivity contribution is 0.467. The highest BCUT2D eigenvalue weighted by atomic mass is 28.4. The Labute approximate surface area is 156 Å². The fourth-order valence-electron chi connectivity index (χ4n) is 3.85. The predicted molar refractivity (Wildman–Crippen MR) is 115 cm³/mol. The molecule has 0 bridgehead atoms. The second-order valence-electron chi connectivity index (χ2n) is 7.26. The van der Waals surface area contributed by atoms with Gasteiger partial charge in [-0.2, -0.15) is 0 Å². The van der Waals surface area contributed by atoms with Gasteiger partial charge in [-0.1, -0.05) is 59.8 Å². The van der Waals surface area contributed by atoms with Crippen LogP contribution in [0.25, 0.3) is 6.08 Å². The Morgan fingerprint density at radius 2 is 1.28 bits per heavy atom. The van der Waals surface area contributed by atoms with Crippen molar-refractivity contribution in [3.63, 3.8) is 0 Å². The third-order valence-corrected chi connectivity index (χ3v) is 15.4. The first-order valence-corrected chi connectivity index (χ1v) is 15.3. The number of allylic oxidation sites excluding steroid dienone is 1. The molecule has 1 aromatic rings. The van der Waals surface area contributed by atoms with Crippen molar-refractivity contribution in [2.75, 3.05) is 0 Å². The minimum Gasteiger partial charge on any atom is -0.541 e. The maximum absolute atomic E-state index is 6.89. The van der Waals surface area contributed by atoms with Crippen molar-refractivity contribution in [2.45, 2.75) is 84.2 Å². The summed E-state index contributed by atoms with van der Waals surface area (Å²) in [6, 6.07) is 11.4. The van der Waals surface area contributed by atoms with Crippen LogP contribution in [0.2, 0.25) is 36.3 Å². The number of fused-ring (bicyclic) bond motifs is 1. The van der Waals surface area contributed by atoms with Gasteiger partial charge in [-0.15, -0.1) is 0 Å². The zero-order valence-electron chi connectivity index (χ0n) is 17.1. The smallest absolute Gasteiger partial charge is 0.250 e. The number of hydrogen-bond acceptors (Lipinski definition) is 2. The van der Waals surface area contributed by atoms with Gasteiger partial charge >= 0.3 is 0 Å². The summed E-state index contributed by atoms with van der Waals surface area (Å²) in [5, 5.41) is 0. The molecular weight excluding hydrogens is 340 g/mol. The Morgan fingerprint density at radius 3 is 1.80 bits per heavy atom. The quantitative estimate of drug-likeness (QED) is 0.408. The molecule has 2 rings (SSSR count). The van der Waals surface area contributed by atoms with E-state index in [4.69, 9.17) is 8.85 Å². The zero-order chi connectivity index (χ0) is 18.5. The molecule has 140 valence electrons. The average Bonchev–Trinajstić information content (AvgIpc) is 3.14. The Kier molecular flexibility index (Phi) is 6.97. The van der Waals surface area contributed by atoms with Crippen molar-refractivity contribution >= 4 is 22.7 Å². The fraction of sp³-hybridized carbons (Fsp3) is 0.619. The van der Waals surface area contributed by atoms with Gasteiger partial charge in [0.2, 0.25) is 0 Å². The van der Waals surface area contributed by atoms with Gasteiger partial charge in [0, 0.05) is 5.56 Å². The Balaban J connectivity index is 2.49. The summed E-state index contributed by atoms with van der Waals surface area (Å²) in [6.07, 6.45) is 5.51. The van der Waals surface area contributed by atoms with Crippen LogP contribution in [0, 0.1) is 0 Å². The van der Waals surface area contributed by atoms with E-state index in [9.17, 15) is 0 Å².